The lowest BCUT2D eigenvalue weighted by molar-refractivity contribution is 0.414. The molecule has 96 valence electrons. The van der Waals surface area contributed by atoms with Crippen molar-refractivity contribution in [2.75, 3.05) is 13.7 Å². The van der Waals surface area contributed by atoms with Crippen LogP contribution in [-0.2, 0) is 6.42 Å². The lowest BCUT2D eigenvalue weighted by Gasteiger charge is -2.18. The van der Waals surface area contributed by atoms with Crippen molar-refractivity contribution in [3.63, 3.8) is 0 Å². The molecule has 0 N–H and O–H groups in total. The predicted molar refractivity (Wildman–Crippen MR) is 81.3 cm³/mol. The SMILES string of the molecule is COc1ccc2c(c1)C(c1ccccc1Br)=NCC2. The van der Waals surface area contributed by atoms with Gasteiger partial charge in [-0.3, -0.25) is 4.99 Å². The molecule has 19 heavy (non-hydrogen) atoms. The molecule has 0 aromatic heterocycles. The second-order valence-electron chi connectivity index (χ2n) is 4.48. The molecule has 0 fully saturated rings. The molecule has 0 atom stereocenters. The minimum absolute atomic E-state index is 0.843. The summed E-state index contributed by atoms with van der Waals surface area (Å²) in [5, 5.41) is 0. The number of nitrogens with zero attached hydrogens (tertiary/aromatic N) is 1. The van der Waals surface area contributed by atoms with Crippen molar-refractivity contribution >= 4 is 21.6 Å². The quantitative estimate of drug-likeness (QED) is 0.825. The molecule has 1 heterocycles. The zero-order valence-electron chi connectivity index (χ0n) is 10.7. The van der Waals surface area contributed by atoms with Crippen molar-refractivity contribution in [3.05, 3.63) is 63.6 Å². The van der Waals surface area contributed by atoms with Gasteiger partial charge < -0.3 is 4.74 Å². The smallest absolute Gasteiger partial charge is 0.119 e. The first-order chi connectivity index (χ1) is 9.29. The van der Waals surface area contributed by atoms with E-state index >= 15 is 0 Å². The number of methoxy groups -OCH3 is 1. The number of aliphatic imine (C=N–C) groups is 1. The largest absolute Gasteiger partial charge is 0.497 e. The Bertz CT molecular complexity index is 649. The van der Waals surface area contributed by atoms with Crippen LogP contribution in [0.4, 0.5) is 0 Å². The molecule has 0 saturated carbocycles. The van der Waals surface area contributed by atoms with Gasteiger partial charge in [-0.2, -0.15) is 0 Å². The number of benzene rings is 2. The van der Waals surface area contributed by atoms with E-state index in [1.54, 1.807) is 7.11 Å². The van der Waals surface area contributed by atoms with Gasteiger partial charge in [-0.15, -0.1) is 0 Å². The number of halogens is 1. The molecule has 0 radical (unpaired) electrons. The number of fused-ring (bicyclic) bond motifs is 1. The van der Waals surface area contributed by atoms with Crippen molar-refractivity contribution < 1.29 is 4.74 Å². The molecule has 2 aromatic rings. The molecule has 0 spiro atoms. The van der Waals surface area contributed by atoms with E-state index in [-0.39, 0.29) is 0 Å². The predicted octanol–water partition coefficient (Wildman–Crippen LogP) is 3.85. The van der Waals surface area contributed by atoms with Gasteiger partial charge in [0.05, 0.1) is 12.8 Å². The zero-order valence-corrected chi connectivity index (χ0v) is 12.3. The van der Waals surface area contributed by atoms with Crippen LogP contribution >= 0.6 is 15.9 Å². The summed E-state index contributed by atoms with van der Waals surface area (Å²) in [5.41, 5.74) is 4.70. The minimum atomic E-state index is 0.843. The second-order valence-corrected chi connectivity index (χ2v) is 5.34. The molecule has 1 aliphatic heterocycles. The molecule has 3 heteroatoms. The van der Waals surface area contributed by atoms with E-state index in [1.165, 1.54) is 11.1 Å². The maximum atomic E-state index is 5.33. The van der Waals surface area contributed by atoms with E-state index in [9.17, 15) is 0 Å². The van der Waals surface area contributed by atoms with Crippen LogP contribution in [-0.4, -0.2) is 19.4 Å². The highest BCUT2D eigenvalue weighted by Gasteiger charge is 2.18. The summed E-state index contributed by atoms with van der Waals surface area (Å²) >= 11 is 3.61. The molecule has 1 aliphatic rings. The first-order valence-electron chi connectivity index (χ1n) is 6.26. The Hall–Kier alpha value is -1.61. The summed E-state index contributed by atoms with van der Waals surface area (Å²) in [6.45, 7) is 0.843. The lowest BCUT2D eigenvalue weighted by Crippen LogP contribution is -2.14. The Morgan fingerprint density at radius 2 is 1.95 bits per heavy atom. The summed E-state index contributed by atoms with van der Waals surface area (Å²) in [4.78, 5) is 4.71. The van der Waals surface area contributed by atoms with E-state index in [4.69, 9.17) is 9.73 Å². The number of hydrogen-bond acceptors (Lipinski definition) is 2. The van der Waals surface area contributed by atoms with Gasteiger partial charge in [0.15, 0.2) is 0 Å². The van der Waals surface area contributed by atoms with Crippen molar-refractivity contribution in [2.24, 2.45) is 4.99 Å². The molecule has 0 amide bonds. The van der Waals surface area contributed by atoms with Crippen LogP contribution in [0.15, 0.2) is 51.9 Å². The summed E-state index contributed by atoms with van der Waals surface area (Å²) in [5.74, 6) is 0.875. The van der Waals surface area contributed by atoms with Crippen LogP contribution in [0.25, 0.3) is 0 Å². The molecule has 2 nitrogen and oxygen atoms in total. The fourth-order valence-electron chi connectivity index (χ4n) is 2.38. The van der Waals surface area contributed by atoms with Gasteiger partial charge in [-0.1, -0.05) is 40.2 Å². The topological polar surface area (TPSA) is 21.6 Å². The molecule has 2 aromatic carbocycles. The zero-order chi connectivity index (χ0) is 13.2. The Balaban J connectivity index is 2.15. The van der Waals surface area contributed by atoms with E-state index in [0.29, 0.717) is 0 Å². The number of hydrogen-bond donors (Lipinski definition) is 0. The standard InChI is InChI=1S/C16H14BrNO/c1-19-12-7-6-11-8-9-18-16(14(11)10-12)13-4-2-3-5-15(13)17/h2-7,10H,8-9H2,1H3. The van der Waals surface area contributed by atoms with E-state index in [1.807, 2.05) is 24.3 Å². The number of rotatable bonds is 2. The fraction of sp³-hybridized carbons (Fsp3) is 0.188. The summed E-state index contributed by atoms with van der Waals surface area (Å²) in [6.07, 6.45) is 0.993. The Morgan fingerprint density at radius 1 is 1.11 bits per heavy atom. The van der Waals surface area contributed by atoms with Gasteiger partial charge in [0.25, 0.3) is 0 Å². The van der Waals surface area contributed by atoms with Gasteiger partial charge >= 0.3 is 0 Å². The summed E-state index contributed by atoms with van der Waals surface area (Å²) in [6, 6.07) is 14.4. The normalized spacial score (nSPS) is 13.7. The molecule has 3 rings (SSSR count). The van der Waals surface area contributed by atoms with Crippen molar-refractivity contribution in [2.45, 2.75) is 6.42 Å². The van der Waals surface area contributed by atoms with Crippen LogP contribution in [0.3, 0.4) is 0 Å². The van der Waals surface area contributed by atoms with E-state index < -0.39 is 0 Å². The van der Waals surface area contributed by atoms with Gasteiger partial charge in [-0.25, -0.2) is 0 Å². The first kappa shape index (κ1) is 12.4. The van der Waals surface area contributed by atoms with Crippen LogP contribution in [0.1, 0.15) is 16.7 Å². The summed E-state index contributed by atoms with van der Waals surface area (Å²) in [7, 11) is 1.69. The second kappa shape index (κ2) is 5.17. The van der Waals surface area contributed by atoms with Gasteiger partial charge in [0, 0.05) is 22.1 Å². The van der Waals surface area contributed by atoms with E-state index in [0.717, 1.165) is 34.5 Å². The van der Waals surface area contributed by atoms with Crippen molar-refractivity contribution in [1.82, 2.24) is 0 Å². The minimum Gasteiger partial charge on any atom is -0.497 e. The highest BCUT2D eigenvalue weighted by Crippen LogP contribution is 2.27. The van der Waals surface area contributed by atoms with Crippen LogP contribution in [0.5, 0.6) is 5.75 Å². The average molecular weight is 316 g/mol. The van der Waals surface area contributed by atoms with Crippen molar-refractivity contribution in [3.8, 4) is 5.75 Å². The Kier molecular flexibility index (Phi) is 3.38. The molecule has 0 unspecified atom stereocenters. The molecule has 0 bridgehead atoms. The van der Waals surface area contributed by atoms with Crippen molar-refractivity contribution in [1.29, 1.82) is 0 Å². The number of ether oxygens (including phenoxy) is 1. The molecular formula is C16H14BrNO. The van der Waals surface area contributed by atoms with E-state index in [2.05, 4.69) is 34.1 Å². The van der Waals surface area contributed by atoms with Gasteiger partial charge in [0.2, 0.25) is 0 Å². The molecular weight excluding hydrogens is 302 g/mol. The van der Waals surface area contributed by atoms with Gasteiger partial charge in [0.1, 0.15) is 5.75 Å². The third kappa shape index (κ3) is 2.30. The third-order valence-electron chi connectivity index (χ3n) is 3.35. The highest BCUT2D eigenvalue weighted by atomic mass is 79.9. The van der Waals surface area contributed by atoms with Gasteiger partial charge in [-0.05, 0) is 30.2 Å². The Morgan fingerprint density at radius 3 is 2.74 bits per heavy atom. The van der Waals surface area contributed by atoms with Crippen LogP contribution in [0.2, 0.25) is 0 Å². The highest BCUT2D eigenvalue weighted by molar-refractivity contribution is 9.10. The van der Waals surface area contributed by atoms with Crippen LogP contribution in [0, 0.1) is 0 Å². The monoisotopic (exact) mass is 315 g/mol. The fourth-order valence-corrected chi connectivity index (χ4v) is 2.85. The average Bonchev–Trinajstić information content (AvgIpc) is 2.47. The first-order valence-corrected chi connectivity index (χ1v) is 7.05. The molecule has 0 aliphatic carbocycles. The molecule has 0 saturated heterocycles. The third-order valence-corrected chi connectivity index (χ3v) is 4.04. The lowest BCUT2D eigenvalue weighted by atomic mass is 9.93. The maximum Gasteiger partial charge on any atom is 0.119 e. The maximum absolute atomic E-state index is 5.33. The summed E-state index contributed by atoms with van der Waals surface area (Å²) < 4.78 is 6.40. The van der Waals surface area contributed by atoms with Crippen LogP contribution < -0.4 is 4.74 Å². The Labute approximate surface area is 121 Å².